The first-order valence-electron chi connectivity index (χ1n) is 6.49. The lowest BCUT2D eigenvalue weighted by atomic mass is 10.2. The van der Waals surface area contributed by atoms with Gasteiger partial charge < -0.3 is 5.32 Å². The lowest BCUT2D eigenvalue weighted by Gasteiger charge is -2.11. The Morgan fingerprint density at radius 1 is 1.43 bits per heavy atom. The van der Waals surface area contributed by atoms with Gasteiger partial charge in [-0.2, -0.15) is 5.10 Å². The minimum Gasteiger partial charge on any atom is -0.323 e. The first-order valence-corrected chi connectivity index (χ1v) is 8.67. The number of rotatable bonds is 5. The first-order chi connectivity index (χ1) is 11.1. The van der Waals surface area contributed by atoms with Crippen LogP contribution >= 0.6 is 34.7 Å². The Morgan fingerprint density at radius 2 is 2.30 bits per heavy atom. The lowest BCUT2D eigenvalue weighted by Crippen LogP contribution is -2.16. The Bertz CT molecular complexity index is 820. The molecule has 0 unspecified atom stereocenters. The smallest absolute Gasteiger partial charge is 0.234 e. The summed E-state index contributed by atoms with van der Waals surface area (Å²) in [5.41, 5.74) is 1.26. The van der Waals surface area contributed by atoms with Gasteiger partial charge in [-0.15, -0.1) is 10.2 Å². The van der Waals surface area contributed by atoms with E-state index in [2.05, 4.69) is 25.6 Å². The number of anilines is 1. The molecule has 0 saturated heterocycles. The van der Waals surface area contributed by atoms with Gasteiger partial charge in [0.25, 0.3) is 0 Å². The Labute approximate surface area is 145 Å². The van der Waals surface area contributed by atoms with Crippen LogP contribution < -0.4 is 5.32 Å². The molecule has 0 atom stereocenters. The summed E-state index contributed by atoms with van der Waals surface area (Å²) >= 11 is 8.82. The molecule has 2 aromatic heterocycles. The molecular weight excluding hydrogens is 356 g/mol. The molecule has 3 rings (SSSR count). The third-order valence-electron chi connectivity index (χ3n) is 2.73. The number of benzene rings is 1. The molecule has 1 aromatic carbocycles. The lowest BCUT2D eigenvalue weighted by molar-refractivity contribution is -0.113. The highest BCUT2D eigenvalue weighted by Crippen LogP contribution is 2.25. The van der Waals surface area contributed by atoms with Crippen LogP contribution in [-0.4, -0.2) is 36.6 Å². The summed E-state index contributed by atoms with van der Waals surface area (Å²) in [7, 11) is 0. The van der Waals surface area contributed by atoms with Gasteiger partial charge in [-0.3, -0.25) is 4.79 Å². The second-order valence-corrected chi connectivity index (χ2v) is 7.27. The number of carbonyl (C=O) groups excluding carboxylic acids is 1. The van der Waals surface area contributed by atoms with E-state index in [1.807, 2.05) is 6.92 Å². The molecule has 10 heteroatoms. The highest BCUT2D eigenvalue weighted by atomic mass is 35.5. The van der Waals surface area contributed by atoms with Gasteiger partial charge >= 0.3 is 0 Å². The number of hydrogen-bond acceptors (Lipinski definition) is 7. The van der Waals surface area contributed by atoms with Crippen molar-refractivity contribution in [3.8, 4) is 5.69 Å². The Hall–Kier alpha value is -1.97. The van der Waals surface area contributed by atoms with Crippen molar-refractivity contribution in [1.29, 1.82) is 0 Å². The molecule has 0 saturated carbocycles. The molecule has 3 aromatic rings. The summed E-state index contributed by atoms with van der Waals surface area (Å²) in [6.07, 6.45) is 2.98. The van der Waals surface area contributed by atoms with Gasteiger partial charge in [-0.25, -0.2) is 9.67 Å². The highest BCUT2D eigenvalue weighted by molar-refractivity contribution is 8.01. The fraction of sp³-hybridized carbons (Fsp3) is 0.154. The van der Waals surface area contributed by atoms with Crippen LogP contribution in [-0.2, 0) is 4.79 Å². The first kappa shape index (κ1) is 15.9. The van der Waals surface area contributed by atoms with E-state index >= 15 is 0 Å². The molecule has 0 bridgehead atoms. The Kier molecular flexibility index (Phi) is 4.89. The molecule has 0 fully saturated rings. The van der Waals surface area contributed by atoms with Crippen LogP contribution in [0.5, 0.6) is 0 Å². The van der Waals surface area contributed by atoms with Gasteiger partial charge in [0, 0.05) is 5.02 Å². The van der Waals surface area contributed by atoms with Gasteiger partial charge in [0.1, 0.15) is 17.7 Å². The SMILES string of the molecule is Cc1nnc(SCC(=O)Nc2cc(Cl)ccc2-n2cncn2)s1. The van der Waals surface area contributed by atoms with Gasteiger partial charge in [0.15, 0.2) is 4.34 Å². The maximum atomic E-state index is 12.2. The zero-order chi connectivity index (χ0) is 16.2. The van der Waals surface area contributed by atoms with E-state index in [1.165, 1.54) is 29.4 Å². The molecule has 0 aliphatic carbocycles. The minimum atomic E-state index is -0.161. The van der Waals surface area contributed by atoms with E-state index in [0.717, 1.165) is 9.35 Å². The van der Waals surface area contributed by atoms with E-state index in [9.17, 15) is 4.79 Å². The summed E-state index contributed by atoms with van der Waals surface area (Å²) in [4.78, 5) is 16.1. The summed E-state index contributed by atoms with van der Waals surface area (Å²) in [6, 6.07) is 5.18. The van der Waals surface area contributed by atoms with Gasteiger partial charge in [-0.1, -0.05) is 34.7 Å². The maximum Gasteiger partial charge on any atom is 0.234 e. The Balaban J connectivity index is 1.71. The van der Waals surface area contributed by atoms with E-state index in [0.29, 0.717) is 16.4 Å². The van der Waals surface area contributed by atoms with Crippen LogP contribution in [0.15, 0.2) is 35.2 Å². The third kappa shape index (κ3) is 4.06. The van der Waals surface area contributed by atoms with Crippen molar-refractivity contribution in [3.63, 3.8) is 0 Å². The van der Waals surface area contributed by atoms with E-state index in [-0.39, 0.29) is 11.7 Å². The molecule has 7 nitrogen and oxygen atoms in total. The number of amides is 1. The maximum absolute atomic E-state index is 12.2. The van der Waals surface area contributed by atoms with Crippen LogP contribution in [0.4, 0.5) is 5.69 Å². The van der Waals surface area contributed by atoms with Crippen LogP contribution in [0, 0.1) is 6.92 Å². The Morgan fingerprint density at radius 3 is 3.00 bits per heavy atom. The number of aromatic nitrogens is 5. The van der Waals surface area contributed by atoms with Crippen molar-refractivity contribution in [2.75, 3.05) is 11.1 Å². The van der Waals surface area contributed by atoms with Crippen molar-refractivity contribution >= 4 is 46.3 Å². The average molecular weight is 367 g/mol. The molecule has 0 spiro atoms. The molecule has 0 radical (unpaired) electrons. The monoisotopic (exact) mass is 366 g/mol. The predicted octanol–water partition coefficient (Wildman–Crippen LogP) is 2.81. The fourth-order valence-electron chi connectivity index (χ4n) is 1.79. The molecule has 1 amide bonds. The number of nitrogens with one attached hydrogen (secondary N) is 1. The van der Waals surface area contributed by atoms with Gasteiger partial charge in [-0.05, 0) is 25.1 Å². The number of hydrogen-bond donors (Lipinski definition) is 1. The number of nitrogens with zero attached hydrogens (tertiary/aromatic N) is 5. The third-order valence-corrected chi connectivity index (χ3v) is 4.94. The number of thioether (sulfide) groups is 1. The zero-order valence-corrected chi connectivity index (χ0v) is 14.3. The van der Waals surface area contributed by atoms with Crippen LogP contribution in [0.3, 0.4) is 0 Å². The molecule has 23 heavy (non-hydrogen) atoms. The minimum absolute atomic E-state index is 0.161. The second kappa shape index (κ2) is 7.07. The quantitative estimate of drug-likeness (QED) is 0.699. The van der Waals surface area contributed by atoms with Crippen molar-refractivity contribution < 1.29 is 4.79 Å². The largest absolute Gasteiger partial charge is 0.323 e. The standard InChI is InChI=1S/C13H11ClN6OS2/c1-8-18-19-13(23-8)22-5-12(21)17-10-4-9(14)2-3-11(10)20-7-15-6-16-20/h2-4,6-7H,5H2,1H3,(H,17,21). The van der Waals surface area contributed by atoms with Crippen molar-refractivity contribution in [3.05, 3.63) is 40.9 Å². The number of halogens is 1. The summed E-state index contributed by atoms with van der Waals surface area (Å²) in [6.45, 7) is 1.87. The summed E-state index contributed by atoms with van der Waals surface area (Å²) in [5, 5.41) is 16.2. The normalized spacial score (nSPS) is 10.7. The summed E-state index contributed by atoms with van der Waals surface area (Å²) in [5.74, 6) is 0.0734. The molecule has 118 valence electrons. The second-order valence-electron chi connectivity index (χ2n) is 4.43. The number of carbonyl (C=O) groups is 1. The van der Waals surface area contributed by atoms with E-state index in [1.54, 1.807) is 29.2 Å². The van der Waals surface area contributed by atoms with Crippen molar-refractivity contribution in [2.45, 2.75) is 11.3 Å². The van der Waals surface area contributed by atoms with Crippen molar-refractivity contribution in [2.24, 2.45) is 0 Å². The highest BCUT2D eigenvalue weighted by Gasteiger charge is 2.11. The van der Waals surface area contributed by atoms with Crippen molar-refractivity contribution in [1.82, 2.24) is 25.0 Å². The van der Waals surface area contributed by atoms with Gasteiger partial charge in [0.05, 0.1) is 17.1 Å². The van der Waals surface area contributed by atoms with E-state index in [4.69, 9.17) is 11.6 Å². The molecule has 0 aliphatic rings. The molecule has 0 aliphatic heterocycles. The average Bonchev–Trinajstić information content (AvgIpc) is 3.17. The molecule has 2 heterocycles. The fourth-order valence-corrected chi connectivity index (χ4v) is 3.58. The molecule has 1 N–H and O–H groups in total. The van der Waals surface area contributed by atoms with Gasteiger partial charge in [0.2, 0.25) is 5.91 Å². The topological polar surface area (TPSA) is 85.6 Å². The predicted molar refractivity (Wildman–Crippen MR) is 90.4 cm³/mol. The van der Waals surface area contributed by atoms with E-state index < -0.39 is 0 Å². The number of aryl methyl sites for hydroxylation is 1. The zero-order valence-electron chi connectivity index (χ0n) is 11.9. The van der Waals surface area contributed by atoms with Crippen LogP contribution in [0.1, 0.15) is 5.01 Å². The molecular formula is C13H11ClN6OS2. The summed E-state index contributed by atoms with van der Waals surface area (Å²) < 4.78 is 2.33. The van der Waals surface area contributed by atoms with Crippen LogP contribution in [0.2, 0.25) is 5.02 Å². The van der Waals surface area contributed by atoms with Crippen LogP contribution in [0.25, 0.3) is 5.69 Å².